The van der Waals surface area contributed by atoms with Gasteiger partial charge in [-0.25, -0.2) is 4.79 Å². The molecule has 0 fully saturated rings. The molecule has 1 aliphatic heterocycles. The normalized spacial score (nSPS) is 13.2. The first kappa shape index (κ1) is 11.3. The molecule has 90 valence electrons. The van der Waals surface area contributed by atoms with Crippen LogP contribution in [0.3, 0.4) is 0 Å². The van der Waals surface area contributed by atoms with Crippen LogP contribution in [-0.4, -0.2) is 32.6 Å². The Labute approximate surface area is 97.9 Å². The molecule has 6 heteroatoms. The van der Waals surface area contributed by atoms with E-state index in [1.807, 2.05) is 0 Å². The highest BCUT2D eigenvalue weighted by molar-refractivity contribution is 6.02. The van der Waals surface area contributed by atoms with Crippen molar-refractivity contribution in [2.24, 2.45) is 0 Å². The molecule has 1 aromatic rings. The third kappa shape index (κ3) is 2.01. The molecule has 0 aromatic heterocycles. The molecule has 0 saturated heterocycles. The molecule has 0 radical (unpaired) electrons. The minimum atomic E-state index is -0.505. The number of benzene rings is 1. The predicted molar refractivity (Wildman–Crippen MR) is 61.5 cm³/mol. The van der Waals surface area contributed by atoms with Crippen molar-refractivity contribution in [2.45, 2.75) is 0 Å². The number of fused-ring (bicyclic) bond motifs is 1. The molecule has 2 rings (SSSR count). The van der Waals surface area contributed by atoms with Crippen molar-refractivity contribution in [3.63, 3.8) is 0 Å². The molecule has 1 aliphatic rings. The second-order valence-corrected chi connectivity index (χ2v) is 3.48. The van der Waals surface area contributed by atoms with E-state index >= 15 is 0 Å². The van der Waals surface area contributed by atoms with Gasteiger partial charge in [0, 0.05) is 12.7 Å². The highest BCUT2D eigenvalue weighted by Crippen LogP contribution is 2.35. The molecule has 0 saturated carbocycles. The van der Waals surface area contributed by atoms with Crippen LogP contribution in [-0.2, 0) is 9.53 Å². The summed E-state index contributed by atoms with van der Waals surface area (Å²) in [6, 6.07) is 3.31. The van der Waals surface area contributed by atoms with Crippen molar-refractivity contribution < 1.29 is 19.1 Å². The lowest BCUT2D eigenvalue weighted by atomic mass is 10.1. The minimum absolute atomic E-state index is 0.101. The first-order valence-electron chi connectivity index (χ1n) is 5.02. The fourth-order valence-corrected chi connectivity index (χ4v) is 1.61. The van der Waals surface area contributed by atoms with E-state index in [-0.39, 0.29) is 18.1 Å². The smallest absolute Gasteiger partial charge is 0.341 e. The average Bonchev–Trinajstić information content (AvgIpc) is 2.35. The Balaban J connectivity index is 2.54. The Morgan fingerprint density at radius 2 is 2.29 bits per heavy atom. The largest absolute Gasteiger partial charge is 0.481 e. The predicted octanol–water partition coefficient (Wildman–Crippen LogP) is 0.846. The maximum Gasteiger partial charge on any atom is 0.341 e. The molecule has 1 amide bonds. The quantitative estimate of drug-likeness (QED) is 0.744. The van der Waals surface area contributed by atoms with Crippen molar-refractivity contribution in [1.82, 2.24) is 0 Å². The van der Waals surface area contributed by atoms with Crippen molar-refractivity contribution >= 4 is 23.3 Å². The minimum Gasteiger partial charge on any atom is -0.481 e. The number of carbonyl (C=O) groups excluding carboxylic acids is 2. The maximum absolute atomic E-state index is 11.6. The molecular formula is C11H12N2O4. The first-order valence-corrected chi connectivity index (χ1v) is 5.02. The van der Waals surface area contributed by atoms with Crippen LogP contribution in [0.25, 0.3) is 0 Å². The lowest BCUT2D eigenvalue weighted by Crippen LogP contribution is -2.26. The van der Waals surface area contributed by atoms with Crippen LogP contribution >= 0.6 is 0 Å². The Morgan fingerprint density at radius 1 is 1.53 bits per heavy atom. The monoisotopic (exact) mass is 236 g/mol. The van der Waals surface area contributed by atoms with Gasteiger partial charge in [0.05, 0.1) is 12.8 Å². The highest BCUT2D eigenvalue weighted by Gasteiger charge is 2.24. The maximum atomic E-state index is 11.6. The number of amides is 1. The topological polar surface area (TPSA) is 76.7 Å². The van der Waals surface area contributed by atoms with Crippen LogP contribution in [0.1, 0.15) is 10.4 Å². The number of hydrogen-bond acceptors (Lipinski definition) is 5. The van der Waals surface area contributed by atoms with E-state index in [9.17, 15) is 9.59 Å². The standard InChI is InChI=1S/C11H12N2O4/c1-12-6-3-7(11(15)16-2)10-8(4-6)13-9(14)5-17-10/h3-4,12H,5H2,1-2H3,(H,13,14). The van der Waals surface area contributed by atoms with Crippen molar-refractivity contribution in [1.29, 1.82) is 0 Å². The van der Waals surface area contributed by atoms with Gasteiger partial charge in [0.2, 0.25) is 0 Å². The number of esters is 1. The van der Waals surface area contributed by atoms with Crippen molar-refractivity contribution in [3.05, 3.63) is 17.7 Å². The summed E-state index contributed by atoms with van der Waals surface area (Å²) in [5, 5.41) is 5.54. The fourth-order valence-electron chi connectivity index (χ4n) is 1.61. The average molecular weight is 236 g/mol. The molecule has 2 N–H and O–H groups in total. The molecule has 0 unspecified atom stereocenters. The summed E-state index contributed by atoms with van der Waals surface area (Å²) in [5.74, 6) is -0.411. The number of ether oxygens (including phenoxy) is 2. The Hall–Kier alpha value is -2.24. The van der Waals surface area contributed by atoms with Crippen LogP contribution in [0.4, 0.5) is 11.4 Å². The summed E-state index contributed by atoms with van der Waals surface area (Å²) in [5.41, 5.74) is 1.44. The Morgan fingerprint density at radius 3 is 2.94 bits per heavy atom. The van der Waals surface area contributed by atoms with Gasteiger partial charge in [0.25, 0.3) is 5.91 Å². The fraction of sp³-hybridized carbons (Fsp3) is 0.273. The van der Waals surface area contributed by atoms with E-state index in [1.54, 1.807) is 19.2 Å². The summed E-state index contributed by atoms with van der Waals surface area (Å²) in [6.07, 6.45) is 0. The SMILES string of the molecule is CNc1cc2c(c(C(=O)OC)c1)OCC(=O)N2. The van der Waals surface area contributed by atoms with E-state index < -0.39 is 5.97 Å². The molecule has 6 nitrogen and oxygen atoms in total. The van der Waals surface area contributed by atoms with Crippen LogP contribution in [0.2, 0.25) is 0 Å². The van der Waals surface area contributed by atoms with Gasteiger partial charge in [0.1, 0.15) is 5.56 Å². The van der Waals surface area contributed by atoms with Crippen molar-refractivity contribution in [3.8, 4) is 5.75 Å². The zero-order chi connectivity index (χ0) is 12.4. The van der Waals surface area contributed by atoms with Gasteiger partial charge in [-0.1, -0.05) is 0 Å². The molecule has 1 heterocycles. The second kappa shape index (κ2) is 4.32. The van der Waals surface area contributed by atoms with E-state index in [1.165, 1.54) is 7.11 Å². The van der Waals surface area contributed by atoms with Gasteiger partial charge in [-0.3, -0.25) is 4.79 Å². The number of rotatable bonds is 2. The Kier molecular flexibility index (Phi) is 2.86. The lowest BCUT2D eigenvalue weighted by molar-refractivity contribution is -0.118. The Bertz CT molecular complexity index is 485. The lowest BCUT2D eigenvalue weighted by Gasteiger charge is -2.21. The van der Waals surface area contributed by atoms with E-state index in [4.69, 9.17) is 4.74 Å². The zero-order valence-corrected chi connectivity index (χ0v) is 9.49. The van der Waals surface area contributed by atoms with Crippen LogP contribution in [0, 0.1) is 0 Å². The number of methoxy groups -OCH3 is 1. The zero-order valence-electron chi connectivity index (χ0n) is 9.49. The van der Waals surface area contributed by atoms with E-state index in [0.29, 0.717) is 17.1 Å². The third-order valence-corrected chi connectivity index (χ3v) is 2.40. The first-order chi connectivity index (χ1) is 8.15. The van der Waals surface area contributed by atoms with E-state index in [0.717, 1.165) is 0 Å². The summed E-state index contributed by atoms with van der Waals surface area (Å²) >= 11 is 0. The molecule has 0 bridgehead atoms. The van der Waals surface area contributed by atoms with Gasteiger partial charge >= 0.3 is 5.97 Å². The van der Waals surface area contributed by atoms with E-state index in [2.05, 4.69) is 15.4 Å². The molecule has 0 atom stereocenters. The second-order valence-electron chi connectivity index (χ2n) is 3.48. The van der Waals surface area contributed by atoms with Gasteiger partial charge in [-0.15, -0.1) is 0 Å². The highest BCUT2D eigenvalue weighted by atomic mass is 16.5. The van der Waals surface area contributed by atoms with Gasteiger partial charge in [-0.05, 0) is 12.1 Å². The number of nitrogens with one attached hydrogen (secondary N) is 2. The van der Waals surface area contributed by atoms with Gasteiger partial charge in [0.15, 0.2) is 12.4 Å². The summed E-state index contributed by atoms with van der Waals surface area (Å²) in [7, 11) is 3.01. The van der Waals surface area contributed by atoms with Gasteiger partial charge in [-0.2, -0.15) is 0 Å². The van der Waals surface area contributed by atoms with Crippen molar-refractivity contribution in [2.75, 3.05) is 31.4 Å². The van der Waals surface area contributed by atoms with Crippen LogP contribution < -0.4 is 15.4 Å². The summed E-state index contributed by atoms with van der Waals surface area (Å²) in [4.78, 5) is 22.8. The molecule has 17 heavy (non-hydrogen) atoms. The molecule has 0 spiro atoms. The number of anilines is 2. The van der Waals surface area contributed by atoms with Gasteiger partial charge < -0.3 is 20.1 Å². The number of carbonyl (C=O) groups is 2. The summed E-state index contributed by atoms with van der Waals surface area (Å²) < 4.78 is 9.92. The summed E-state index contributed by atoms with van der Waals surface area (Å²) in [6.45, 7) is -0.101. The third-order valence-electron chi connectivity index (χ3n) is 2.40. The number of hydrogen-bond donors (Lipinski definition) is 2. The van der Waals surface area contributed by atoms with Crippen LogP contribution in [0.5, 0.6) is 5.75 Å². The molecular weight excluding hydrogens is 224 g/mol. The molecule has 0 aliphatic carbocycles. The van der Waals surface area contributed by atoms with Crippen LogP contribution in [0.15, 0.2) is 12.1 Å². The molecule has 1 aromatic carbocycles.